The number of unbranched alkanes of at least 4 members (excludes halogenated alkanes) is 3. The van der Waals surface area contributed by atoms with Gasteiger partial charge in [-0.15, -0.1) is 22.9 Å². The molecule has 0 amide bonds. The maximum absolute atomic E-state index is 5.62. The number of rotatable bonds is 8. The fraction of sp³-hybridized carbons (Fsp3) is 0.750. The van der Waals surface area contributed by atoms with Crippen LogP contribution in [0.25, 0.3) is 0 Å². The summed E-state index contributed by atoms with van der Waals surface area (Å²) >= 11 is 7.41. The minimum absolute atomic E-state index is 0.797. The van der Waals surface area contributed by atoms with E-state index < -0.39 is 0 Å². The van der Waals surface area contributed by atoms with E-state index in [2.05, 4.69) is 24.1 Å². The van der Waals surface area contributed by atoms with Gasteiger partial charge in [0.2, 0.25) is 0 Å². The van der Waals surface area contributed by atoms with Crippen LogP contribution in [0.3, 0.4) is 0 Å². The van der Waals surface area contributed by atoms with Crippen LogP contribution >= 0.6 is 22.9 Å². The molecule has 0 aliphatic rings. The summed E-state index contributed by atoms with van der Waals surface area (Å²) in [6.45, 7) is 6.19. The van der Waals surface area contributed by atoms with Crippen molar-refractivity contribution in [1.29, 1.82) is 0 Å². The number of halogens is 1. The monoisotopic (exact) mass is 260 g/mol. The van der Waals surface area contributed by atoms with Crippen molar-refractivity contribution >= 4 is 22.9 Å². The van der Waals surface area contributed by atoms with Crippen molar-refractivity contribution in [3.63, 3.8) is 0 Å². The molecule has 92 valence electrons. The zero-order valence-corrected chi connectivity index (χ0v) is 11.8. The van der Waals surface area contributed by atoms with Crippen molar-refractivity contribution in [1.82, 2.24) is 10.3 Å². The van der Waals surface area contributed by atoms with E-state index >= 15 is 0 Å². The van der Waals surface area contributed by atoms with Crippen molar-refractivity contribution in [2.45, 2.75) is 46.1 Å². The van der Waals surface area contributed by atoms with E-state index in [9.17, 15) is 0 Å². The van der Waals surface area contributed by atoms with Crippen molar-refractivity contribution in [2.75, 3.05) is 12.4 Å². The van der Waals surface area contributed by atoms with E-state index in [1.807, 2.05) is 0 Å². The van der Waals surface area contributed by atoms with Crippen molar-refractivity contribution < 1.29 is 0 Å². The lowest BCUT2D eigenvalue weighted by Gasteiger charge is -2.01. The summed E-state index contributed by atoms with van der Waals surface area (Å²) in [7, 11) is 0. The highest BCUT2D eigenvalue weighted by molar-refractivity contribution is 7.11. The van der Waals surface area contributed by atoms with Crippen LogP contribution in [-0.4, -0.2) is 17.4 Å². The van der Waals surface area contributed by atoms with Gasteiger partial charge in [-0.2, -0.15) is 0 Å². The number of nitrogens with one attached hydrogen (secondary N) is 1. The summed E-state index contributed by atoms with van der Waals surface area (Å²) in [5.41, 5.74) is 1.17. The zero-order valence-electron chi connectivity index (χ0n) is 10.2. The minimum Gasteiger partial charge on any atom is -0.310 e. The normalized spacial score (nSPS) is 10.9. The molecule has 4 heteroatoms. The Hall–Kier alpha value is -0.120. The topological polar surface area (TPSA) is 24.9 Å². The Morgan fingerprint density at radius 1 is 1.19 bits per heavy atom. The zero-order chi connectivity index (χ0) is 11.8. The van der Waals surface area contributed by atoms with Gasteiger partial charge in [0.15, 0.2) is 0 Å². The maximum Gasteiger partial charge on any atom is 0.107 e. The lowest BCUT2D eigenvalue weighted by Crippen LogP contribution is -2.14. The molecule has 0 fully saturated rings. The average Bonchev–Trinajstić information content (AvgIpc) is 2.57. The fourth-order valence-electron chi connectivity index (χ4n) is 1.51. The first-order valence-electron chi connectivity index (χ1n) is 5.93. The Morgan fingerprint density at radius 3 is 2.56 bits per heavy atom. The highest BCUT2D eigenvalue weighted by Crippen LogP contribution is 2.15. The highest BCUT2D eigenvalue weighted by atomic mass is 35.5. The molecule has 0 aromatic carbocycles. The third kappa shape index (κ3) is 5.28. The molecule has 0 atom stereocenters. The molecule has 1 heterocycles. The van der Waals surface area contributed by atoms with E-state index in [-0.39, 0.29) is 0 Å². The van der Waals surface area contributed by atoms with Crippen LogP contribution in [0.15, 0.2) is 0 Å². The van der Waals surface area contributed by atoms with Gasteiger partial charge in [0, 0.05) is 17.3 Å². The van der Waals surface area contributed by atoms with Crippen LogP contribution in [0, 0.1) is 13.8 Å². The molecule has 1 aromatic rings. The number of alkyl halides is 1. The molecule has 16 heavy (non-hydrogen) atoms. The Balaban J connectivity index is 2.03. The molecule has 1 rings (SSSR count). The second kappa shape index (κ2) is 8.04. The van der Waals surface area contributed by atoms with E-state index in [0.29, 0.717) is 0 Å². The third-order valence-corrected chi connectivity index (χ3v) is 3.93. The average molecular weight is 261 g/mol. The Labute approximate surface area is 107 Å². The Morgan fingerprint density at radius 2 is 1.94 bits per heavy atom. The standard InChI is InChI=1S/C12H21ClN2S/c1-10-11(2)16-12(15-10)9-14-8-6-4-3-5-7-13/h14H,3-9H2,1-2H3. The summed E-state index contributed by atoms with van der Waals surface area (Å²) in [5, 5.41) is 4.64. The molecule has 1 N–H and O–H groups in total. The second-order valence-corrected chi connectivity index (χ2v) is 5.69. The van der Waals surface area contributed by atoms with Crippen molar-refractivity contribution in [2.24, 2.45) is 0 Å². The highest BCUT2D eigenvalue weighted by Gasteiger charge is 2.02. The number of hydrogen-bond donors (Lipinski definition) is 1. The second-order valence-electron chi connectivity index (χ2n) is 4.03. The van der Waals surface area contributed by atoms with Gasteiger partial charge in [-0.25, -0.2) is 4.98 Å². The van der Waals surface area contributed by atoms with Crippen LogP contribution in [0.1, 0.15) is 41.3 Å². The first-order valence-corrected chi connectivity index (χ1v) is 7.28. The van der Waals surface area contributed by atoms with Crippen LogP contribution in [0.2, 0.25) is 0 Å². The summed E-state index contributed by atoms with van der Waals surface area (Å²) in [6.07, 6.45) is 4.91. The largest absolute Gasteiger partial charge is 0.310 e. The van der Waals surface area contributed by atoms with Crippen molar-refractivity contribution in [3.8, 4) is 0 Å². The lowest BCUT2D eigenvalue weighted by molar-refractivity contribution is 0.598. The first-order chi connectivity index (χ1) is 7.74. The minimum atomic E-state index is 0.797. The van der Waals surface area contributed by atoms with Gasteiger partial charge in [0.05, 0.1) is 5.69 Å². The molecular formula is C12H21ClN2S. The molecule has 0 aliphatic heterocycles. The van der Waals surface area contributed by atoms with Gasteiger partial charge in [-0.1, -0.05) is 12.8 Å². The summed E-state index contributed by atoms with van der Waals surface area (Å²) in [4.78, 5) is 5.83. The molecule has 2 nitrogen and oxygen atoms in total. The van der Waals surface area contributed by atoms with E-state index in [1.165, 1.54) is 34.8 Å². The van der Waals surface area contributed by atoms with Crippen LogP contribution in [-0.2, 0) is 6.54 Å². The Bertz CT molecular complexity index is 280. The lowest BCUT2D eigenvalue weighted by atomic mass is 10.2. The fourth-order valence-corrected chi connectivity index (χ4v) is 2.60. The molecule has 0 saturated heterocycles. The molecule has 0 unspecified atom stereocenters. The molecule has 0 radical (unpaired) electrons. The van der Waals surface area contributed by atoms with Gasteiger partial charge >= 0.3 is 0 Å². The number of nitrogens with zero attached hydrogens (tertiary/aromatic N) is 1. The maximum atomic E-state index is 5.62. The molecule has 0 spiro atoms. The molecule has 0 bridgehead atoms. The number of aromatic nitrogens is 1. The van der Waals surface area contributed by atoms with Crippen molar-refractivity contribution in [3.05, 3.63) is 15.6 Å². The summed E-state index contributed by atoms with van der Waals surface area (Å²) < 4.78 is 0. The van der Waals surface area contributed by atoms with E-state index in [1.54, 1.807) is 11.3 Å². The van der Waals surface area contributed by atoms with Crippen LogP contribution in [0.5, 0.6) is 0 Å². The number of hydrogen-bond acceptors (Lipinski definition) is 3. The molecule has 0 aliphatic carbocycles. The van der Waals surface area contributed by atoms with Gasteiger partial charge in [0.1, 0.15) is 5.01 Å². The number of thiazole rings is 1. The van der Waals surface area contributed by atoms with E-state index in [4.69, 9.17) is 11.6 Å². The molecular weight excluding hydrogens is 240 g/mol. The van der Waals surface area contributed by atoms with Gasteiger partial charge in [0.25, 0.3) is 0 Å². The van der Waals surface area contributed by atoms with Gasteiger partial charge in [-0.3, -0.25) is 0 Å². The molecule has 0 saturated carbocycles. The van der Waals surface area contributed by atoms with E-state index in [0.717, 1.165) is 25.4 Å². The predicted octanol–water partition coefficient (Wildman–Crippen LogP) is 3.65. The summed E-state index contributed by atoms with van der Waals surface area (Å²) in [6, 6.07) is 0. The predicted molar refractivity (Wildman–Crippen MR) is 72.5 cm³/mol. The third-order valence-electron chi connectivity index (χ3n) is 2.59. The van der Waals surface area contributed by atoms with Crippen LogP contribution in [0.4, 0.5) is 0 Å². The summed E-state index contributed by atoms with van der Waals surface area (Å²) in [5.74, 6) is 0.797. The quantitative estimate of drug-likeness (QED) is 0.570. The molecule has 1 aromatic heterocycles. The number of aryl methyl sites for hydroxylation is 2. The SMILES string of the molecule is Cc1nc(CNCCCCCCCl)sc1C. The Kier molecular flexibility index (Phi) is 7.01. The first kappa shape index (κ1) is 13.9. The van der Waals surface area contributed by atoms with Gasteiger partial charge in [-0.05, 0) is 33.2 Å². The smallest absolute Gasteiger partial charge is 0.107 e. The van der Waals surface area contributed by atoms with Crippen LogP contribution < -0.4 is 5.32 Å². The van der Waals surface area contributed by atoms with Gasteiger partial charge < -0.3 is 5.32 Å².